The van der Waals surface area contributed by atoms with Crippen LogP contribution in [-0.4, -0.2) is 17.6 Å². The highest BCUT2D eigenvalue weighted by Gasteiger charge is 2.16. The summed E-state index contributed by atoms with van der Waals surface area (Å²) in [4.78, 5) is 25.0. The topological polar surface area (TPSA) is 88.8 Å². The van der Waals surface area contributed by atoms with E-state index in [2.05, 4.69) is 11.4 Å². The van der Waals surface area contributed by atoms with Gasteiger partial charge in [0, 0.05) is 17.5 Å². The fraction of sp³-hybridized carbons (Fsp3) is 0.0833. The van der Waals surface area contributed by atoms with E-state index in [1.54, 1.807) is 18.2 Å². The Morgan fingerprint density at radius 3 is 2.70 bits per heavy atom. The standard InChI is InChI=1S/C24H17NO5/c26-20-6-2-4-17-13-19(24(28)30-22(17)20)23(27)25-18-5-1-3-14(12-18)15-7-8-21-16(11-15)9-10-29-21/h1-8,11-13,26H,9-10H2,(H,25,27). The first-order chi connectivity index (χ1) is 14.6. The largest absolute Gasteiger partial charge is 0.504 e. The van der Waals surface area contributed by atoms with Crippen molar-refractivity contribution in [3.63, 3.8) is 0 Å². The predicted molar refractivity (Wildman–Crippen MR) is 113 cm³/mol. The average Bonchev–Trinajstić information content (AvgIpc) is 3.22. The molecule has 1 aliphatic heterocycles. The second-order valence-electron chi connectivity index (χ2n) is 7.10. The van der Waals surface area contributed by atoms with E-state index in [0.717, 1.165) is 23.3 Å². The minimum Gasteiger partial charge on any atom is -0.504 e. The molecular formula is C24H17NO5. The van der Waals surface area contributed by atoms with Gasteiger partial charge in [0.15, 0.2) is 11.3 Å². The quantitative estimate of drug-likeness (QED) is 0.500. The lowest BCUT2D eigenvalue weighted by molar-refractivity contribution is 0.102. The van der Waals surface area contributed by atoms with Gasteiger partial charge in [-0.05, 0) is 53.1 Å². The molecular weight excluding hydrogens is 382 g/mol. The van der Waals surface area contributed by atoms with E-state index in [1.807, 2.05) is 30.3 Å². The second kappa shape index (κ2) is 7.08. The summed E-state index contributed by atoms with van der Waals surface area (Å²) in [5.41, 5.74) is 2.81. The minimum atomic E-state index is -0.809. The molecule has 4 aromatic rings. The van der Waals surface area contributed by atoms with Crippen LogP contribution in [0.25, 0.3) is 22.1 Å². The van der Waals surface area contributed by atoms with E-state index >= 15 is 0 Å². The summed E-state index contributed by atoms with van der Waals surface area (Å²) in [5.74, 6) is 0.190. The number of ether oxygens (including phenoxy) is 1. The predicted octanol–water partition coefficient (Wildman–Crippen LogP) is 4.35. The summed E-state index contributed by atoms with van der Waals surface area (Å²) >= 11 is 0. The van der Waals surface area contributed by atoms with Crippen LogP contribution in [0, 0.1) is 0 Å². The highest BCUT2D eigenvalue weighted by atomic mass is 16.5. The fourth-order valence-electron chi connectivity index (χ4n) is 3.63. The van der Waals surface area contributed by atoms with Gasteiger partial charge in [-0.2, -0.15) is 0 Å². The van der Waals surface area contributed by atoms with Gasteiger partial charge in [0.2, 0.25) is 0 Å². The summed E-state index contributed by atoms with van der Waals surface area (Å²) in [6, 6.07) is 19.5. The number of fused-ring (bicyclic) bond motifs is 2. The first-order valence-electron chi connectivity index (χ1n) is 9.52. The maximum absolute atomic E-state index is 12.7. The smallest absolute Gasteiger partial charge is 0.349 e. The van der Waals surface area contributed by atoms with Gasteiger partial charge in [-0.3, -0.25) is 4.79 Å². The molecule has 2 heterocycles. The van der Waals surface area contributed by atoms with Crippen LogP contribution in [0.1, 0.15) is 15.9 Å². The molecule has 2 N–H and O–H groups in total. The highest BCUT2D eigenvalue weighted by molar-refractivity contribution is 6.05. The van der Waals surface area contributed by atoms with E-state index in [-0.39, 0.29) is 16.9 Å². The third-order valence-corrected chi connectivity index (χ3v) is 5.13. The number of benzene rings is 3. The Morgan fingerprint density at radius 2 is 1.80 bits per heavy atom. The number of para-hydroxylation sites is 1. The molecule has 0 saturated carbocycles. The van der Waals surface area contributed by atoms with Gasteiger partial charge in [-0.25, -0.2) is 4.79 Å². The zero-order valence-corrected chi connectivity index (χ0v) is 15.8. The van der Waals surface area contributed by atoms with Crippen molar-refractivity contribution in [3.8, 4) is 22.6 Å². The average molecular weight is 399 g/mol. The molecule has 0 spiro atoms. The van der Waals surface area contributed by atoms with Gasteiger partial charge in [0.1, 0.15) is 11.3 Å². The molecule has 148 valence electrons. The van der Waals surface area contributed by atoms with Gasteiger partial charge in [0.25, 0.3) is 5.91 Å². The number of carbonyl (C=O) groups excluding carboxylic acids is 1. The van der Waals surface area contributed by atoms with Gasteiger partial charge in [-0.15, -0.1) is 0 Å². The molecule has 0 unspecified atom stereocenters. The molecule has 6 nitrogen and oxygen atoms in total. The number of hydrogen-bond acceptors (Lipinski definition) is 5. The van der Waals surface area contributed by atoms with Crippen molar-refractivity contribution in [2.45, 2.75) is 6.42 Å². The molecule has 0 saturated heterocycles. The normalized spacial score (nSPS) is 12.4. The molecule has 0 aliphatic carbocycles. The number of nitrogens with one attached hydrogen (secondary N) is 1. The highest BCUT2D eigenvalue weighted by Crippen LogP contribution is 2.31. The molecule has 30 heavy (non-hydrogen) atoms. The first kappa shape index (κ1) is 18.0. The van der Waals surface area contributed by atoms with E-state index in [1.165, 1.54) is 17.7 Å². The Labute approximate surface area is 171 Å². The number of phenolic OH excluding ortho intramolecular Hbond substituents is 1. The number of carbonyl (C=O) groups is 1. The number of phenols is 1. The lowest BCUT2D eigenvalue weighted by Crippen LogP contribution is -2.20. The second-order valence-corrected chi connectivity index (χ2v) is 7.10. The van der Waals surface area contributed by atoms with Crippen molar-refractivity contribution in [2.24, 2.45) is 0 Å². The third kappa shape index (κ3) is 3.18. The Hall–Kier alpha value is -4.06. The number of anilines is 1. The molecule has 0 bridgehead atoms. The SMILES string of the molecule is O=C(Nc1cccc(-c2ccc3c(c2)CCO3)c1)c1cc2cccc(O)c2oc1=O. The van der Waals surface area contributed by atoms with E-state index < -0.39 is 11.5 Å². The molecule has 1 aromatic heterocycles. The van der Waals surface area contributed by atoms with Gasteiger partial charge < -0.3 is 19.6 Å². The minimum absolute atomic E-state index is 0.0571. The summed E-state index contributed by atoms with van der Waals surface area (Å²) in [5, 5.41) is 13.0. The third-order valence-electron chi connectivity index (χ3n) is 5.13. The summed E-state index contributed by atoms with van der Waals surface area (Å²) in [6.07, 6.45) is 0.882. The molecule has 0 fully saturated rings. The zero-order chi connectivity index (χ0) is 20.7. The van der Waals surface area contributed by atoms with Crippen LogP contribution in [0.15, 0.2) is 75.9 Å². The van der Waals surface area contributed by atoms with Gasteiger partial charge >= 0.3 is 5.63 Å². The first-order valence-corrected chi connectivity index (χ1v) is 9.52. The maximum atomic E-state index is 12.7. The summed E-state index contributed by atoms with van der Waals surface area (Å²) < 4.78 is 10.7. The lowest BCUT2D eigenvalue weighted by Gasteiger charge is -2.09. The number of amides is 1. The van der Waals surface area contributed by atoms with Crippen molar-refractivity contribution in [1.82, 2.24) is 0 Å². The van der Waals surface area contributed by atoms with Crippen LogP contribution in [-0.2, 0) is 6.42 Å². The van der Waals surface area contributed by atoms with Crippen LogP contribution in [0.2, 0.25) is 0 Å². The van der Waals surface area contributed by atoms with Crippen LogP contribution < -0.4 is 15.7 Å². The Morgan fingerprint density at radius 1 is 0.967 bits per heavy atom. The number of aromatic hydroxyl groups is 1. The van der Waals surface area contributed by atoms with Gasteiger partial charge in [-0.1, -0.05) is 30.3 Å². The number of hydrogen-bond donors (Lipinski definition) is 2. The molecule has 5 rings (SSSR count). The summed E-state index contributed by atoms with van der Waals surface area (Å²) in [6.45, 7) is 0.695. The van der Waals surface area contributed by atoms with Crippen molar-refractivity contribution in [3.05, 3.63) is 88.3 Å². The molecule has 0 atom stereocenters. The van der Waals surface area contributed by atoms with Crippen LogP contribution >= 0.6 is 0 Å². The molecule has 1 amide bonds. The van der Waals surface area contributed by atoms with E-state index in [4.69, 9.17) is 9.15 Å². The summed E-state index contributed by atoms with van der Waals surface area (Å²) in [7, 11) is 0. The van der Waals surface area contributed by atoms with Crippen molar-refractivity contribution in [1.29, 1.82) is 0 Å². The lowest BCUT2D eigenvalue weighted by atomic mass is 10.0. The van der Waals surface area contributed by atoms with Crippen LogP contribution in [0.5, 0.6) is 11.5 Å². The Kier molecular flexibility index (Phi) is 4.25. The van der Waals surface area contributed by atoms with Crippen molar-refractivity contribution >= 4 is 22.6 Å². The van der Waals surface area contributed by atoms with Gasteiger partial charge in [0.05, 0.1) is 6.61 Å². The van der Waals surface area contributed by atoms with Crippen molar-refractivity contribution in [2.75, 3.05) is 11.9 Å². The number of rotatable bonds is 3. The zero-order valence-electron chi connectivity index (χ0n) is 15.8. The molecule has 3 aromatic carbocycles. The fourth-order valence-corrected chi connectivity index (χ4v) is 3.63. The van der Waals surface area contributed by atoms with Crippen LogP contribution in [0.3, 0.4) is 0 Å². The van der Waals surface area contributed by atoms with E-state index in [0.29, 0.717) is 17.7 Å². The van der Waals surface area contributed by atoms with Crippen LogP contribution in [0.4, 0.5) is 5.69 Å². The Bertz CT molecular complexity index is 1360. The monoisotopic (exact) mass is 399 g/mol. The Balaban J connectivity index is 1.44. The molecule has 0 radical (unpaired) electrons. The van der Waals surface area contributed by atoms with E-state index in [9.17, 15) is 14.7 Å². The van der Waals surface area contributed by atoms with Crippen molar-refractivity contribution < 1.29 is 19.1 Å². The molecule has 1 aliphatic rings. The molecule has 6 heteroatoms. The maximum Gasteiger partial charge on any atom is 0.349 e.